The molecule has 1 aliphatic carbocycles. The summed E-state index contributed by atoms with van der Waals surface area (Å²) in [7, 11) is -4.82. The van der Waals surface area contributed by atoms with Crippen LogP contribution in [-0.2, 0) is 32.9 Å². The van der Waals surface area contributed by atoms with Crippen molar-refractivity contribution in [2.45, 2.75) is 193 Å². The highest BCUT2D eigenvalue weighted by atomic mass is 31.2. The number of phosphoric ester groups is 1. The number of hydrogen-bond donors (Lipinski definition) is 4. The van der Waals surface area contributed by atoms with E-state index in [-0.39, 0.29) is 37.6 Å². The van der Waals surface area contributed by atoms with Crippen molar-refractivity contribution < 1.29 is 52.9 Å². The summed E-state index contributed by atoms with van der Waals surface area (Å²) in [6.45, 7) is 5.68. The first-order valence-corrected chi connectivity index (χ1v) is 22.6. The van der Waals surface area contributed by atoms with Crippen LogP contribution in [0.4, 0.5) is 0 Å². The number of allylic oxidation sites excluding steroid dienone is 3. The Kier molecular flexibility index (Phi) is 29.0. The van der Waals surface area contributed by atoms with Crippen LogP contribution in [-0.4, -0.2) is 69.2 Å². The Morgan fingerprint density at radius 1 is 0.796 bits per heavy atom. The summed E-state index contributed by atoms with van der Waals surface area (Å²) in [5.74, 6) is -1.01. The van der Waals surface area contributed by atoms with Crippen molar-refractivity contribution in [3.8, 4) is 0 Å². The first-order chi connectivity index (χ1) is 25.8. The number of unbranched alkanes of at least 4 members (excludes halogenated alkanes) is 15. The maximum atomic E-state index is 12.5. The minimum absolute atomic E-state index is 0.0318. The van der Waals surface area contributed by atoms with E-state index in [1.54, 1.807) is 12.2 Å². The molecule has 0 aliphatic heterocycles. The summed E-state index contributed by atoms with van der Waals surface area (Å²) in [5, 5.41) is 20.6. The maximum Gasteiger partial charge on any atom is 0.469 e. The highest BCUT2D eigenvalue weighted by Gasteiger charge is 2.39. The average Bonchev–Trinajstić information content (AvgIpc) is 3.38. The zero-order valence-electron chi connectivity index (χ0n) is 33.8. The van der Waals surface area contributed by atoms with Crippen molar-refractivity contribution in [2.75, 3.05) is 13.2 Å². The van der Waals surface area contributed by atoms with Crippen LogP contribution < -0.4 is 0 Å². The lowest BCUT2D eigenvalue weighted by molar-refractivity contribution is -0.161. The molecule has 0 heterocycles. The van der Waals surface area contributed by atoms with E-state index in [1.807, 2.05) is 12.2 Å². The molecule has 4 N–H and O–H groups in total. The number of carbonyl (C=O) groups is 3. The second kappa shape index (κ2) is 31.2. The van der Waals surface area contributed by atoms with Crippen LogP contribution in [0.5, 0.6) is 0 Å². The van der Waals surface area contributed by atoms with Gasteiger partial charge < -0.3 is 29.5 Å². The molecule has 5 atom stereocenters. The Balaban J connectivity index is 2.28. The number of rotatable bonds is 34. The molecule has 0 amide bonds. The quantitative estimate of drug-likeness (QED) is 0.0212. The lowest BCUT2D eigenvalue weighted by Gasteiger charge is -2.18. The average molecular weight is 787 g/mol. The SMILES string of the molecule is CCCCC[C@H](O)/C=C/[C@H]1C(=O)C[C@H](O)[C@@H]1C/C=C\CCCC(=O)OC[C@H](COP(=O)(O)O)OC(=O)CCCCCCCCCCCCCCCC(C)C. The molecule has 12 heteroatoms. The number of Topliss-reactive ketones (excluding diaryl/α,β-unsaturated/α-hetero) is 1. The number of phosphoric acid groups is 1. The summed E-state index contributed by atoms with van der Waals surface area (Å²) in [5.41, 5.74) is 0. The minimum atomic E-state index is -4.82. The van der Waals surface area contributed by atoms with E-state index in [0.29, 0.717) is 32.1 Å². The number of hydrogen-bond acceptors (Lipinski definition) is 9. The van der Waals surface area contributed by atoms with Gasteiger partial charge in [0.25, 0.3) is 0 Å². The van der Waals surface area contributed by atoms with Crippen LogP contribution in [0.2, 0.25) is 0 Å². The molecule has 0 spiro atoms. The molecule has 0 unspecified atom stereocenters. The fourth-order valence-electron chi connectivity index (χ4n) is 6.77. The van der Waals surface area contributed by atoms with Crippen LogP contribution in [0, 0.1) is 17.8 Å². The molecule has 314 valence electrons. The fourth-order valence-corrected chi connectivity index (χ4v) is 7.13. The molecule has 0 aromatic heterocycles. The summed E-state index contributed by atoms with van der Waals surface area (Å²) < 4.78 is 26.3. The van der Waals surface area contributed by atoms with E-state index in [0.717, 1.165) is 44.4 Å². The van der Waals surface area contributed by atoms with E-state index in [4.69, 9.17) is 19.3 Å². The Labute approximate surface area is 326 Å². The van der Waals surface area contributed by atoms with Gasteiger partial charge in [-0.3, -0.25) is 18.9 Å². The van der Waals surface area contributed by atoms with Gasteiger partial charge in [0.1, 0.15) is 12.4 Å². The van der Waals surface area contributed by atoms with Crippen molar-refractivity contribution >= 4 is 25.5 Å². The van der Waals surface area contributed by atoms with Crippen LogP contribution in [0.15, 0.2) is 24.3 Å². The maximum absolute atomic E-state index is 12.5. The first kappa shape index (κ1) is 50.1. The Morgan fingerprint density at radius 3 is 1.96 bits per heavy atom. The molecule has 0 saturated heterocycles. The summed E-state index contributed by atoms with van der Waals surface area (Å²) in [4.78, 5) is 55.5. The van der Waals surface area contributed by atoms with Crippen molar-refractivity contribution in [1.29, 1.82) is 0 Å². The Hall–Kier alpha value is -1.88. The van der Waals surface area contributed by atoms with Gasteiger partial charge in [0.2, 0.25) is 0 Å². The van der Waals surface area contributed by atoms with Crippen molar-refractivity contribution in [3.63, 3.8) is 0 Å². The van der Waals surface area contributed by atoms with Gasteiger partial charge in [-0.25, -0.2) is 4.57 Å². The number of aliphatic hydroxyl groups is 2. The monoisotopic (exact) mass is 787 g/mol. The first-order valence-electron chi connectivity index (χ1n) is 21.1. The van der Waals surface area contributed by atoms with Gasteiger partial charge in [-0.15, -0.1) is 0 Å². The summed E-state index contributed by atoms with van der Waals surface area (Å²) in [6, 6.07) is 0. The molecule has 0 aromatic rings. The predicted octanol–water partition coefficient (Wildman–Crippen LogP) is 9.24. The molecule has 0 radical (unpaired) electrons. The second-order valence-electron chi connectivity index (χ2n) is 15.6. The predicted molar refractivity (Wildman–Crippen MR) is 212 cm³/mol. The number of carbonyl (C=O) groups excluding carboxylic acids is 3. The van der Waals surface area contributed by atoms with Gasteiger partial charge in [-0.2, -0.15) is 0 Å². The molecule has 54 heavy (non-hydrogen) atoms. The Bertz CT molecular complexity index is 1100. The van der Waals surface area contributed by atoms with E-state index in [1.165, 1.54) is 64.2 Å². The molecule has 1 saturated carbocycles. The topological polar surface area (TPSA) is 177 Å². The van der Waals surface area contributed by atoms with Crippen molar-refractivity contribution in [2.24, 2.45) is 17.8 Å². The zero-order chi connectivity index (χ0) is 40.0. The molecule has 1 rings (SSSR count). The second-order valence-corrected chi connectivity index (χ2v) is 16.8. The normalized spacial score (nSPS) is 19.0. The van der Waals surface area contributed by atoms with E-state index in [2.05, 4.69) is 25.3 Å². The van der Waals surface area contributed by atoms with E-state index >= 15 is 0 Å². The van der Waals surface area contributed by atoms with Gasteiger partial charge in [0.15, 0.2) is 6.10 Å². The number of esters is 2. The van der Waals surface area contributed by atoms with Crippen molar-refractivity contribution in [3.05, 3.63) is 24.3 Å². The molecular weight excluding hydrogens is 711 g/mol. The third-order valence-electron chi connectivity index (χ3n) is 10.0. The zero-order valence-corrected chi connectivity index (χ0v) is 34.6. The molecular formula is C42H75O11P. The smallest absolute Gasteiger partial charge is 0.462 e. The van der Waals surface area contributed by atoms with Gasteiger partial charge in [-0.1, -0.05) is 148 Å². The van der Waals surface area contributed by atoms with Crippen LogP contribution >= 0.6 is 7.82 Å². The lowest BCUT2D eigenvalue weighted by Crippen LogP contribution is -2.29. The van der Waals surface area contributed by atoms with Crippen LogP contribution in [0.25, 0.3) is 0 Å². The van der Waals surface area contributed by atoms with Gasteiger partial charge in [0.05, 0.1) is 18.8 Å². The standard InChI is InChI=1S/C42H75O11P/c1-4-5-19-25-35(43)29-30-38-37(39(44)31-40(38)45)26-21-17-18-22-27-41(46)51-32-36(33-52-54(48,49)50)53-42(47)28-23-16-14-12-10-8-6-7-9-11-13-15-20-24-34(2)3/h17,21,29-30,34-39,43-44H,4-16,18-20,22-28,31-33H2,1-3H3,(H2,48,49,50)/b21-17-,30-29+/t35-,36+,37+,38+,39-/m0/s1. The van der Waals surface area contributed by atoms with Gasteiger partial charge in [-0.05, 0) is 38.0 Å². The lowest BCUT2D eigenvalue weighted by atomic mass is 9.90. The van der Waals surface area contributed by atoms with Crippen LogP contribution in [0.3, 0.4) is 0 Å². The van der Waals surface area contributed by atoms with Crippen LogP contribution in [0.1, 0.15) is 175 Å². The highest BCUT2D eigenvalue weighted by molar-refractivity contribution is 7.46. The number of ketones is 1. The number of ether oxygens (including phenoxy) is 2. The summed E-state index contributed by atoms with van der Waals surface area (Å²) in [6.07, 6.45) is 27.0. The minimum Gasteiger partial charge on any atom is -0.462 e. The van der Waals surface area contributed by atoms with Gasteiger partial charge in [0, 0.05) is 31.1 Å². The fraction of sp³-hybridized carbons (Fsp3) is 0.833. The van der Waals surface area contributed by atoms with Crippen molar-refractivity contribution in [1.82, 2.24) is 0 Å². The third kappa shape index (κ3) is 27.7. The molecule has 0 bridgehead atoms. The molecule has 11 nitrogen and oxygen atoms in total. The molecule has 1 aliphatic rings. The third-order valence-corrected chi connectivity index (χ3v) is 10.5. The molecule has 1 fully saturated rings. The molecule has 0 aromatic carbocycles. The van der Waals surface area contributed by atoms with Gasteiger partial charge >= 0.3 is 19.8 Å². The van der Waals surface area contributed by atoms with E-state index in [9.17, 15) is 29.2 Å². The highest BCUT2D eigenvalue weighted by Crippen LogP contribution is 2.36. The largest absolute Gasteiger partial charge is 0.469 e. The Morgan fingerprint density at radius 2 is 1.37 bits per heavy atom. The summed E-state index contributed by atoms with van der Waals surface area (Å²) >= 11 is 0. The number of aliphatic hydroxyl groups excluding tert-OH is 2. The van der Waals surface area contributed by atoms with E-state index < -0.39 is 50.6 Å².